The Balaban J connectivity index is 2.16. The van der Waals surface area contributed by atoms with Crippen LogP contribution in [-0.2, 0) is 0 Å². The molecule has 0 unspecified atom stereocenters. The first-order valence-electron chi connectivity index (χ1n) is 7.20. The summed E-state index contributed by atoms with van der Waals surface area (Å²) in [5.74, 6) is 0.589. The first kappa shape index (κ1) is 15.3. The van der Waals surface area contributed by atoms with Crippen LogP contribution in [0.1, 0.15) is 17.4 Å². The molecular weight excluding hydrogens is 264 g/mol. The Morgan fingerprint density at radius 1 is 1.33 bits per heavy atom. The zero-order valence-electron chi connectivity index (χ0n) is 12.8. The molecule has 0 aliphatic rings. The van der Waals surface area contributed by atoms with Crippen molar-refractivity contribution in [2.75, 3.05) is 39.0 Å². The van der Waals surface area contributed by atoms with Crippen molar-refractivity contribution in [3.05, 3.63) is 36.0 Å². The normalized spacial score (nSPS) is 10.9. The first-order valence-corrected chi connectivity index (χ1v) is 7.20. The average molecular weight is 286 g/mol. The summed E-state index contributed by atoms with van der Waals surface area (Å²) < 4.78 is 0. The van der Waals surface area contributed by atoms with Crippen molar-refractivity contribution in [1.29, 1.82) is 0 Å². The first-order chi connectivity index (χ1) is 10.2. The molecule has 1 aromatic carbocycles. The second kappa shape index (κ2) is 7.04. The van der Waals surface area contributed by atoms with Gasteiger partial charge in [0.2, 0.25) is 0 Å². The minimum absolute atomic E-state index is 0.137. The second-order valence-corrected chi connectivity index (χ2v) is 4.98. The highest BCUT2D eigenvalue weighted by Crippen LogP contribution is 2.21. The second-order valence-electron chi connectivity index (χ2n) is 4.98. The van der Waals surface area contributed by atoms with Gasteiger partial charge in [-0.1, -0.05) is 31.2 Å². The molecule has 0 aliphatic carbocycles. The van der Waals surface area contributed by atoms with Crippen molar-refractivity contribution < 1.29 is 4.79 Å². The van der Waals surface area contributed by atoms with Crippen molar-refractivity contribution in [3.8, 4) is 0 Å². The van der Waals surface area contributed by atoms with Gasteiger partial charge in [-0.15, -0.1) is 0 Å². The molecule has 5 heteroatoms. The van der Waals surface area contributed by atoms with E-state index in [1.165, 1.54) is 0 Å². The number of likely N-dealkylation sites (N-methyl/N-ethyl adjacent to an activating group) is 1. The number of amides is 1. The molecule has 0 radical (unpaired) electrons. The molecule has 112 valence electrons. The van der Waals surface area contributed by atoms with Crippen molar-refractivity contribution in [2.24, 2.45) is 0 Å². The molecule has 21 heavy (non-hydrogen) atoms. The van der Waals surface area contributed by atoms with Crippen LogP contribution in [0.3, 0.4) is 0 Å². The van der Waals surface area contributed by atoms with Gasteiger partial charge >= 0.3 is 0 Å². The monoisotopic (exact) mass is 286 g/mol. The van der Waals surface area contributed by atoms with Gasteiger partial charge < -0.3 is 15.5 Å². The van der Waals surface area contributed by atoms with Gasteiger partial charge in [0.15, 0.2) is 0 Å². The molecule has 1 amide bonds. The number of aromatic nitrogens is 1. The standard InChI is InChI=1S/C16H22N4O/c1-4-20(3)10-9-18-16(21)14-11-12-7-5-6-8-13(12)15(17-2)19-14/h5-8,11H,4,9-10H2,1-3H3,(H,17,19)(H,18,21). The summed E-state index contributed by atoms with van der Waals surface area (Å²) in [5.41, 5.74) is 0.442. The number of anilines is 1. The highest BCUT2D eigenvalue weighted by atomic mass is 16.1. The van der Waals surface area contributed by atoms with Crippen LogP contribution in [0, 0.1) is 0 Å². The number of benzene rings is 1. The molecule has 0 saturated carbocycles. The summed E-state index contributed by atoms with van der Waals surface area (Å²) in [6.07, 6.45) is 0. The predicted molar refractivity (Wildman–Crippen MR) is 86.8 cm³/mol. The molecule has 1 heterocycles. The smallest absolute Gasteiger partial charge is 0.270 e. The molecule has 2 rings (SSSR count). The van der Waals surface area contributed by atoms with Crippen LogP contribution < -0.4 is 10.6 Å². The highest BCUT2D eigenvalue weighted by Gasteiger charge is 2.11. The molecule has 2 aromatic rings. The van der Waals surface area contributed by atoms with Crippen LogP contribution in [0.25, 0.3) is 10.8 Å². The van der Waals surface area contributed by atoms with E-state index >= 15 is 0 Å². The van der Waals surface area contributed by atoms with E-state index in [-0.39, 0.29) is 5.91 Å². The van der Waals surface area contributed by atoms with Gasteiger partial charge in [-0.3, -0.25) is 4.79 Å². The molecule has 1 aromatic heterocycles. The molecule has 0 fully saturated rings. The Morgan fingerprint density at radius 3 is 2.81 bits per heavy atom. The van der Waals surface area contributed by atoms with E-state index in [1.807, 2.05) is 44.4 Å². The zero-order valence-corrected chi connectivity index (χ0v) is 12.8. The van der Waals surface area contributed by atoms with E-state index in [1.54, 1.807) is 0 Å². The number of hydrogen-bond donors (Lipinski definition) is 2. The molecule has 0 aliphatic heterocycles. The minimum Gasteiger partial charge on any atom is -0.373 e. The van der Waals surface area contributed by atoms with E-state index in [2.05, 4.69) is 27.4 Å². The quantitative estimate of drug-likeness (QED) is 0.852. The van der Waals surface area contributed by atoms with E-state index < -0.39 is 0 Å². The Hall–Kier alpha value is -2.14. The summed E-state index contributed by atoms with van der Waals surface area (Å²) >= 11 is 0. The summed E-state index contributed by atoms with van der Waals surface area (Å²) in [6, 6.07) is 9.73. The fraction of sp³-hybridized carbons (Fsp3) is 0.375. The summed E-state index contributed by atoms with van der Waals surface area (Å²) in [6.45, 7) is 4.50. The lowest BCUT2D eigenvalue weighted by Crippen LogP contribution is -2.33. The maximum Gasteiger partial charge on any atom is 0.270 e. The van der Waals surface area contributed by atoms with E-state index in [9.17, 15) is 4.79 Å². The predicted octanol–water partition coefficient (Wildman–Crippen LogP) is 1.96. The van der Waals surface area contributed by atoms with Gasteiger partial charge in [0.05, 0.1) is 0 Å². The summed E-state index contributed by atoms with van der Waals surface area (Å²) in [7, 11) is 3.84. The number of carbonyl (C=O) groups is 1. The lowest BCUT2D eigenvalue weighted by Gasteiger charge is -2.14. The Bertz CT molecular complexity index is 627. The van der Waals surface area contributed by atoms with Crippen LogP contribution in [0.5, 0.6) is 0 Å². The van der Waals surface area contributed by atoms with E-state index in [4.69, 9.17) is 0 Å². The highest BCUT2D eigenvalue weighted by molar-refractivity contribution is 6.00. The maximum atomic E-state index is 12.2. The topological polar surface area (TPSA) is 57.3 Å². The van der Waals surface area contributed by atoms with Crippen LogP contribution >= 0.6 is 0 Å². The van der Waals surface area contributed by atoms with Gasteiger partial charge in [-0.25, -0.2) is 4.98 Å². The summed E-state index contributed by atoms with van der Waals surface area (Å²) in [4.78, 5) is 18.8. The van der Waals surface area contributed by atoms with Gasteiger partial charge in [-0.2, -0.15) is 0 Å². The molecule has 0 spiro atoms. The van der Waals surface area contributed by atoms with Crippen molar-refractivity contribution in [2.45, 2.75) is 6.92 Å². The molecule has 0 saturated heterocycles. The minimum atomic E-state index is -0.137. The van der Waals surface area contributed by atoms with Gasteiger partial charge in [0.1, 0.15) is 11.5 Å². The van der Waals surface area contributed by atoms with Crippen LogP contribution in [0.2, 0.25) is 0 Å². The number of carbonyl (C=O) groups excluding carboxylic acids is 1. The summed E-state index contributed by atoms with van der Waals surface area (Å²) in [5, 5.41) is 7.98. The van der Waals surface area contributed by atoms with Crippen molar-refractivity contribution in [3.63, 3.8) is 0 Å². The van der Waals surface area contributed by atoms with Crippen LogP contribution in [0.15, 0.2) is 30.3 Å². The van der Waals surface area contributed by atoms with Crippen LogP contribution in [0.4, 0.5) is 5.82 Å². The third-order valence-electron chi connectivity index (χ3n) is 3.53. The van der Waals surface area contributed by atoms with Gasteiger partial charge in [0, 0.05) is 25.5 Å². The molecule has 0 atom stereocenters. The third kappa shape index (κ3) is 3.70. The molecular formula is C16H22N4O. The van der Waals surface area contributed by atoms with E-state index in [0.29, 0.717) is 12.2 Å². The lowest BCUT2D eigenvalue weighted by molar-refractivity contribution is 0.0945. The van der Waals surface area contributed by atoms with Crippen molar-refractivity contribution in [1.82, 2.24) is 15.2 Å². The fourth-order valence-corrected chi connectivity index (χ4v) is 2.11. The number of rotatable bonds is 6. The third-order valence-corrected chi connectivity index (χ3v) is 3.53. The molecule has 5 nitrogen and oxygen atoms in total. The number of hydrogen-bond acceptors (Lipinski definition) is 4. The lowest BCUT2D eigenvalue weighted by atomic mass is 10.1. The van der Waals surface area contributed by atoms with E-state index in [0.717, 1.165) is 29.7 Å². The number of pyridine rings is 1. The maximum absolute atomic E-state index is 12.2. The Morgan fingerprint density at radius 2 is 2.10 bits per heavy atom. The molecule has 0 bridgehead atoms. The average Bonchev–Trinajstić information content (AvgIpc) is 2.53. The number of nitrogens with one attached hydrogen (secondary N) is 2. The zero-order chi connectivity index (χ0) is 15.2. The number of nitrogens with zero attached hydrogens (tertiary/aromatic N) is 2. The van der Waals surface area contributed by atoms with Gasteiger partial charge in [-0.05, 0) is 25.0 Å². The molecule has 2 N–H and O–H groups in total. The number of fused-ring (bicyclic) bond motifs is 1. The van der Waals surface area contributed by atoms with Gasteiger partial charge in [0.25, 0.3) is 5.91 Å². The Kier molecular flexibility index (Phi) is 5.11. The largest absolute Gasteiger partial charge is 0.373 e. The fourth-order valence-electron chi connectivity index (χ4n) is 2.11. The van der Waals surface area contributed by atoms with Crippen LogP contribution in [-0.4, -0.2) is 49.5 Å². The SMILES string of the molecule is CCN(C)CCNC(=O)c1cc2ccccc2c(NC)n1. The van der Waals surface area contributed by atoms with Crippen molar-refractivity contribution >= 4 is 22.5 Å². The Labute approximate surface area is 125 Å².